The molecule has 1 aliphatic heterocycles. The number of hydrogen-bond donors (Lipinski definition) is 1. The average Bonchev–Trinajstić information content (AvgIpc) is 2.96. The van der Waals surface area contributed by atoms with E-state index in [9.17, 15) is 4.79 Å². The second-order valence-corrected chi connectivity index (χ2v) is 5.18. The van der Waals surface area contributed by atoms with Gasteiger partial charge in [-0.3, -0.25) is 0 Å². The van der Waals surface area contributed by atoms with Crippen molar-refractivity contribution in [2.45, 2.75) is 12.3 Å². The summed E-state index contributed by atoms with van der Waals surface area (Å²) in [6.45, 7) is 0. The van der Waals surface area contributed by atoms with Gasteiger partial charge in [-0.05, 0) is 24.3 Å². The van der Waals surface area contributed by atoms with Gasteiger partial charge in [0.25, 0.3) is 0 Å². The Bertz CT molecular complexity index is 575. The maximum Gasteiger partial charge on any atom is 0.339 e. The third-order valence-corrected chi connectivity index (χ3v) is 4.07. The van der Waals surface area contributed by atoms with E-state index in [1.54, 1.807) is 22.8 Å². The first-order valence-electron chi connectivity index (χ1n) is 5.42. The molecule has 0 radical (unpaired) electrons. The van der Waals surface area contributed by atoms with E-state index in [0.717, 1.165) is 23.8 Å². The van der Waals surface area contributed by atoms with Crippen LogP contribution in [0.25, 0.3) is 5.65 Å². The Morgan fingerprint density at radius 2 is 2.47 bits per heavy atom. The highest BCUT2D eigenvalue weighted by Crippen LogP contribution is 2.30. The monoisotopic (exact) mass is 249 g/mol. The highest BCUT2D eigenvalue weighted by molar-refractivity contribution is 7.99. The molecule has 1 saturated heterocycles. The van der Waals surface area contributed by atoms with E-state index in [2.05, 4.69) is 10.1 Å². The summed E-state index contributed by atoms with van der Waals surface area (Å²) in [5.41, 5.74) is 0.642. The molecule has 0 aromatic carbocycles. The van der Waals surface area contributed by atoms with E-state index < -0.39 is 5.97 Å². The summed E-state index contributed by atoms with van der Waals surface area (Å²) < 4.78 is 1.56. The lowest BCUT2D eigenvalue weighted by Crippen LogP contribution is -2.00. The summed E-state index contributed by atoms with van der Waals surface area (Å²) in [7, 11) is 0. The molecule has 1 N–H and O–H groups in total. The summed E-state index contributed by atoms with van der Waals surface area (Å²) in [6, 6.07) is 3.23. The van der Waals surface area contributed by atoms with E-state index in [-0.39, 0.29) is 5.56 Å². The van der Waals surface area contributed by atoms with Crippen molar-refractivity contribution < 1.29 is 9.90 Å². The Hall–Kier alpha value is -1.56. The van der Waals surface area contributed by atoms with Crippen molar-refractivity contribution in [3.8, 4) is 0 Å². The van der Waals surface area contributed by atoms with Gasteiger partial charge in [0.2, 0.25) is 0 Å². The highest BCUT2D eigenvalue weighted by Gasteiger charge is 2.23. The van der Waals surface area contributed by atoms with Gasteiger partial charge in [0.1, 0.15) is 5.56 Å². The smallest absolute Gasteiger partial charge is 0.339 e. The van der Waals surface area contributed by atoms with Crippen LogP contribution in [-0.2, 0) is 0 Å². The molecule has 1 unspecified atom stereocenters. The van der Waals surface area contributed by atoms with Gasteiger partial charge in [-0.25, -0.2) is 14.3 Å². The van der Waals surface area contributed by atoms with Crippen molar-refractivity contribution >= 4 is 23.4 Å². The number of hydrogen-bond acceptors (Lipinski definition) is 4. The first-order chi connectivity index (χ1) is 8.25. The minimum absolute atomic E-state index is 0.205. The predicted octanol–water partition coefficient (Wildman–Crippen LogP) is 1.65. The molecule has 2 aromatic rings. The molecule has 0 saturated carbocycles. The van der Waals surface area contributed by atoms with Crippen LogP contribution in [0.2, 0.25) is 0 Å². The van der Waals surface area contributed by atoms with Gasteiger partial charge < -0.3 is 5.11 Å². The standard InChI is InChI=1S/C11H11N3O2S/c15-11(16)8-2-1-4-14-10(8)12-9(13-14)7-3-5-17-6-7/h1-2,4,7H,3,5-6H2,(H,15,16). The predicted molar refractivity (Wildman–Crippen MR) is 64.6 cm³/mol. The number of carboxylic acid groups (broad SMARTS) is 1. The summed E-state index contributed by atoms with van der Waals surface area (Å²) in [4.78, 5) is 15.4. The molecule has 3 rings (SSSR count). The molecule has 88 valence electrons. The summed E-state index contributed by atoms with van der Waals surface area (Å²) in [5, 5.41) is 13.4. The quantitative estimate of drug-likeness (QED) is 0.876. The zero-order chi connectivity index (χ0) is 11.8. The van der Waals surface area contributed by atoms with Gasteiger partial charge >= 0.3 is 5.97 Å². The van der Waals surface area contributed by atoms with E-state index in [1.807, 2.05) is 11.8 Å². The van der Waals surface area contributed by atoms with Crippen molar-refractivity contribution in [1.29, 1.82) is 0 Å². The van der Waals surface area contributed by atoms with Crippen molar-refractivity contribution in [3.63, 3.8) is 0 Å². The first kappa shape index (κ1) is 10.6. The summed E-state index contributed by atoms with van der Waals surface area (Å²) in [5.74, 6) is 2.33. The molecule has 0 spiro atoms. The largest absolute Gasteiger partial charge is 0.478 e. The SMILES string of the molecule is O=C(O)c1cccn2nc(C3CCSC3)nc12. The lowest BCUT2D eigenvalue weighted by Gasteiger charge is -1.99. The third-order valence-electron chi connectivity index (χ3n) is 2.90. The Kier molecular flexibility index (Phi) is 2.51. The molecule has 1 aliphatic rings. The average molecular weight is 249 g/mol. The number of rotatable bonds is 2. The number of fused-ring (bicyclic) bond motifs is 1. The molecular weight excluding hydrogens is 238 g/mol. The van der Waals surface area contributed by atoms with Gasteiger partial charge in [-0.15, -0.1) is 0 Å². The van der Waals surface area contributed by atoms with Crippen molar-refractivity contribution in [3.05, 3.63) is 29.7 Å². The minimum Gasteiger partial charge on any atom is -0.478 e. The normalized spacial score (nSPS) is 19.9. The van der Waals surface area contributed by atoms with Gasteiger partial charge in [0, 0.05) is 17.9 Å². The molecule has 1 atom stereocenters. The topological polar surface area (TPSA) is 67.5 Å². The van der Waals surface area contributed by atoms with Crippen LogP contribution >= 0.6 is 11.8 Å². The lowest BCUT2D eigenvalue weighted by atomic mass is 10.1. The molecule has 17 heavy (non-hydrogen) atoms. The highest BCUT2D eigenvalue weighted by atomic mass is 32.2. The summed E-state index contributed by atoms with van der Waals surface area (Å²) >= 11 is 1.89. The zero-order valence-electron chi connectivity index (χ0n) is 9.04. The molecule has 2 aromatic heterocycles. The molecule has 3 heterocycles. The van der Waals surface area contributed by atoms with Crippen molar-refractivity contribution in [2.24, 2.45) is 0 Å². The van der Waals surface area contributed by atoms with Gasteiger partial charge in [0.05, 0.1) is 0 Å². The molecule has 0 bridgehead atoms. The fraction of sp³-hybridized carbons (Fsp3) is 0.364. The van der Waals surface area contributed by atoms with Crippen LogP contribution in [-0.4, -0.2) is 37.2 Å². The fourth-order valence-corrected chi connectivity index (χ4v) is 3.22. The third kappa shape index (κ3) is 1.78. The number of carboxylic acids is 1. The molecule has 6 heteroatoms. The Morgan fingerprint density at radius 3 is 3.18 bits per heavy atom. The number of pyridine rings is 1. The maximum absolute atomic E-state index is 11.1. The zero-order valence-corrected chi connectivity index (χ0v) is 9.85. The lowest BCUT2D eigenvalue weighted by molar-refractivity contribution is 0.0698. The van der Waals surface area contributed by atoms with Crippen LogP contribution in [0.3, 0.4) is 0 Å². The second-order valence-electron chi connectivity index (χ2n) is 4.03. The molecule has 0 aliphatic carbocycles. The number of thioether (sulfide) groups is 1. The molecule has 5 nitrogen and oxygen atoms in total. The first-order valence-corrected chi connectivity index (χ1v) is 6.57. The Morgan fingerprint density at radius 1 is 1.59 bits per heavy atom. The Balaban J connectivity index is 2.11. The number of aromatic nitrogens is 3. The van der Waals surface area contributed by atoms with E-state index >= 15 is 0 Å². The fourth-order valence-electron chi connectivity index (χ4n) is 2.00. The number of aromatic carboxylic acids is 1. The minimum atomic E-state index is -0.963. The van der Waals surface area contributed by atoms with Crippen molar-refractivity contribution in [2.75, 3.05) is 11.5 Å². The number of carbonyl (C=O) groups is 1. The maximum atomic E-state index is 11.1. The van der Waals surface area contributed by atoms with Crippen molar-refractivity contribution in [1.82, 2.24) is 14.6 Å². The van der Waals surface area contributed by atoms with E-state index in [4.69, 9.17) is 5.11 Å². The van der Waals surface area contributed by atoms with Crippen LogP contribution in [0.4, 0.5) is 0 Å². The van der Waals surface area contributed by atoms with Crippen LogP contribution in [0.15, 0.2) is 18.3 Å². The van der Waals surface area contributed by atoms with Crippen LogP contribution in [0, 0.1) is 0 Å². The Labute approximate surface area is 102 Å². The van der Waals surface area contributed by atoms with Gasteiger partial charge in [0.15, 0.2) is 11.5 Å². The molecule has 0 amide bonds. The molecule has 1 fully saturated rings. The van der Waals surface area contributed by atoms with Crippen LogP contribution in [0.1, 0.15) is 28.5 Å². The summed E-state index contributed by atoms with van der Waals surface area (Å²) in [6.07, 6.45) is 2.81. The van der Waals surface area contributed by atoms with E-state index in [0.29, 0.717) is 11.6 Å². The molecular formula is C11H11N3O2S. The van der Waals surface area contributed by atoms with Crippen LogP contribution in [0.5, 0.6) is 0 Å². The number of nitrogens with zero attached hydrogens (tertiary/aromatic N) is 3. The van der Waals surface area contributed by atoms with E-state index in [1.165, 1.54) is 0 Å². The van der Waals surface area contributed by atoms with Gasteiger partial charge in [-0.1, -0.05) is 0 Å². The van der Waals surface area contributed by atoms with Gasteiger partial charge in [-0.2, -0.15) is 16.9 Å². The second kappa shape index (κ2) is 4.03. The van der Waals surface area contributed by atoms with Crippen LogP contribution < -0.4 is 0 Å².